The first-order valence-corrected chi connectivity index (χ1v) is 12.5. The molecule has 3 rings (SSSR count). The summed E-state index contributed by atoms with van der Waals surface area (Å²) in [4.78, 5) is 70.3. The lowest BCUT2D eigenvalue weighted by atomic mass is 9.81. The van der Waals surface area contributed by atoms with Crippen molar-refractivity contribution in [2.24, 2.45) is 17.8 Å². The zero-order chi connectivity index (χ0) is 29.0. The van der Waals surface area contributed by atoms with E-state index in [-0.39, 0.29) is 29.3 Å². The van der Waals surface area contributed by atoms with Crippen LogP contribution < -0.4 is 15.8 Å². The average molecular weight is 540 g/mol. The molecule has 0 amide bonds. The summed E-state index contributed by atoms with van der Waals surface area (Å²) in [7, 11) is 1.29. The van der Waals surface area contributed by atoms with Gasteiger partial charge in [0.05, 0.1) is 42.4 Å². The van der Waals surface area contributed by atoms with Crippen LogP contribution in [0.2, 0.25) is 0 Å². The molecular weight excluding hydrogens is 506 g/mol. The molecule has 1 aliphatic carbocycles. The normalized spacial score (nSPS) is 22.2. The second kappa shape index (κ2) is 12.1. The topological polar surface area (TPSA) is 175 Å². The summed E-state index contributed by atoms with van der Waals surface area (Å²) in [6.45, 7) is 6.12. The highest BCUT2D eigenvalue weighted by Gasteiger charge is 2.46. The Morgan fingerprint density at radius 2 is 1.77 bits per heavy atom. The van der Waals surface area contributed by atoms with Crippen molar-refractivity contribution in [3.05, 3.63) is 41.7 Å². The molecule has 11 heteroatoms. The Kier molecular flexibility index (Phi) is 9.05. The summed E-state index contributed by atoms with van der Waals surface area (Å²) >= 11 is 0. The number of nitrogens with one attached hydrogen (secondary N) is 1. The Morgan fingerprint density at radius 3 is 2.36 bits per heavy atom. The Bertz CT molecular complexity index is 1290. The van der Waals surface area contributed by atoms with E-state index in [9.17, 15) is 29.1 Å². The van der Waals surface area contributed by atoms with Gasteiger partial charge in [0.15, 0.2) is 11.5 Å². The lowest BCUT2D eigenvalue weighted by molar-refractivity contribution is -0.163. The monoisotopic (exact) mass is 539 g/mol. The van der Waals surface area contributed by atoms with Gasteiger partial charge >= 0.3 is 5.97 Å². The van der Waals surface area contributed by atoms with Crippen LogP contribution in [0.3, 0.4) is 0 Å². The number of nitrogens with two attached hydrogens (primary N) is 1. The van der Waals surface area contributed by atoms with Crippen molar-refractivity contribution < 1.29 is 38.6 Å². The number of esters is 1. The molecule has 0 saturated heterocycles. The largest absolute Gasteiger partial charge is 0.503 e. The highest BCUT2D eigenvalue weighted by atomic mass is 16.5. The van der Waals surface area contributed by atoms with Crippen molar-refractivity contribution in [3.63, 3.8) is 0 Å². The summed E-state index contributed by atoms with van der Waals surface area (Å²) in [6.07, 6.45) is -0.736. The number of benzene rings is 1. The number of hydrogen-bond donors (Lipinski definition) is 3. The van der Waals surface area contributed by atoms with Crippen LogP contribution in [-0.4, -0.2) is 58.4 Å². The number of carbonyl (C=O) groups is 5. The molecule has 0 bridgehead atoms. The quantitative estimate of drug-likeness (QED) is 0.267. The van der Waals surface area contributed by atoms with E-state index in [4.69, 9.17) is 15.2 Å². The van der Waals surface area contributed by atoms with E-state index in [2.05, 4.69) is 10.3 Å². The second-order valence-electron chi connectivity index (χ2n) is 9.95. The van der Waals surface area contributed by atoms with E-state index >= 15 is 0 Å². The zero-order valence-electron chi connectivity index (χ0n) is 22.5. The molecule has 0 spiro atoms. The molecule has 2 aromatic rings. The van der Waals surface area contributed by atoms with E-state index < -0.39 is 65.4 Å². The highest BCUT2D eigenvalue weighted by molar-refractivity contribution is 6.44. The number of hydrogen-bond acceptors (Lipinski definition) is 11. The van der Waals surface area contributed by atoms with Crippen molar-refractivity contribution >= 4 is 40.5 Å². The number of pyridine rings is 1. The van der Waals surface area contributed by atoms with E-state index in [0.29, 0.717) is 11.3 Å². The highest BCUT2D eigenvalue weighted by Crippen LogP contribution is 2.36. The van der Waals surface area contributed by atoms with E-state index in [1.165, 1.54) is 20.2 Å². The Labute approximate surface area is 226 Å². The number of aryl methyl sites for hydroxylation is 1. The molecule has 11 nitrogen and oxygen atoms in total. The van der Waals surface area contributed by atoms with Crippen LogP contribution in [-0.2, 0) is 35.1 Å². The summed E-state index contributed by atoms with van der Waals surface area (Å²) in [5, 5.41) is 13.1. The number of rotatable bonds is 7. The van der Waals surface area contributed by atoms with Crippen molar-refractivity contribution in [1.29, 1.82) is 0 Å². The number of aromatic nitrogens is 1. The molecule has 4 atom stereocenters. The van der Waals surface area contributed by atoms with Crippen LogP contribution in [0.15, 0.2) is 30.5 Å². The molecule has 1 fully saturated rings. The molecule has 1 aromatic heterocycles. The van der Waals surface area contributed by atoms with Gasteiger partial charge in [-0.25, -0.2) is 0 Å². The Morgan fingerprint density at radius 1 is 1.13 bits per heavy atom. The van der Waals surface area contributed by atoms with Crippen LogP contribution in [0.4, 0.5) is 11.4 Å². The predicted molar refractivity (Wildman–Crippen MR) is 141 cm³/mol. The molecule has 4 N–H and O–H groups in total. The lowest BCUT2D eigenvalue weighted by Gasteiger charge is -2.29. The maximum atomic E-state index is 13.6. The first kappa shape index (κ1) is 29.3. The third-order valence-corrected chi connectivity index (χ3v) is 6.75. The van der Waals surface area contributed by atoms with Gasteiger partial charge in [0, 0.05) is 12.1 Å². The number of anilines is 2. The Hall–Kier alpha value is -4.28. The first-order chi connectivity index (χ1) is 18.3. The fourth-order valence-electron chi connectivity index (χ4n) is 4.39. The van der Waals surface area contributed by atoms with Crippen LogP contribution in [0.1, 0.15) is 38.4 Å². The Balaban J connectivity index is 2.05. The SMILES string of the molecule is COc1c(N[C@H]2CC(=O)C(=O)[C@H](Cc3ccc(N)cc3)[C@H](OC(=O)C(C)C)[C@H](C)C(=O)C2=O)cnc(C)c1O. The number of nitrogen functional groups attached to an aromatic ring is 1. The minimum absolute atomic E-state index is 0.0195. The summed E-state index contributed by atoms with van der Waals surface area (Å²) < 4.78 is 10.8. The number of Topliss-reactive ketones (excluding diaryl/α,β-unsaturated/α-hetero) is 4. The van der Waals surface area contributed by atoms with Crippen LogP contribution in [0.5, 0.6) is 11.5 Å². The minimum atomic E-state index is -1.45. The summed E-state index contributed by atoms with van der Waals surface area (Å²) in [5.74, 6) is -7.71. The molecule has 1 aliphatic rings. The molecule has 0 radical (unpaired) electrons. The third kappa shape index (κ3) is 6.42. The average Bonchev–Trinajstić information content (AvgIpc) is 2.92. The van der Waals surface area contributed by atoms with E-state index in [0.717, 1.165) is 0 Å². The second-order valence-corrected chi connectivity index (χ2v) is 9.95. The molecule has 0 unspecified atom stereocenters. The molecule has 39 heavy (non-hydrogen) atoms. The summed E-state index contributed by atoms with van der Waals surface area (Å²) in [6, 6.07) is 5.15. The molecule has 208 valence electrons. The maximum Gasteiger partial charge on any atom is 0.308 e. The van der Waals surface area contributed by atoms with Crippen LogP contribution >= 0.6 is 0 Å². The van der Waals surface area contributed by atoms with Crippen molar-refractivity contribution in [2.45, 2.75) is 52.7 Å². The fourth-order valence-corrected chi connectivity index (χ4v) is 4.39. The molecule has 1 heterocycles. The first-order valence-electron chi connectivity index (χ1n) is 12.5. The minimum Gasteiger partial charge on any atom is -0.503 e. The van der Waals surface area contributed by atoms with Gasteiger partial charge in [-0.15, -0.1) is 0 Å². The number of ketones is 4. The van der Waals surface area contributed by atoms with Crippen LogP contribution in [0, 0.1) is 24.7 Å². The van der Waals surface area contributed by atoms with Crippen molar-refractivity contribution in [1.82, 2.24) is 4.98 Å². The summed E-state index contributed by atoms with van der Waals surface area (Å²) in [5.41, 5.74) is 7.21. The number of nitrogens with zero attached hydrogens (tertiary/aromatic N) is 1. The van der Waals surface area contributed by atoms with E-state index in [1.54, 1.807) is 45.0 Å². The maximum absolute atomic E-state index is 13.6. The number of ether oxygens (including phenoxy) is 2. The number of aromatic hydroxyl groups is 1. The molecule has 0 aliphatic heterocycles. The van der Waals surface area contributed by atoms with Gasteiger partial charge in [-0.2, -0.15) is 0 Å². The van der Waals surface area contributed by atoms with Gasteiger partial charge in [-0.3, -0.25) is 29.0 Å². The molecule has 1 saturated carbocycles. The predicted octanol–water partition coefficient (Wildman–Crippen LogP) is 2.21. The van der Waals surface area contributed by atoms with Crippen molar-refractivity contribution in [2.75, 3.05) is 18.2 Å². The van der Waals surface area contributed by atoms with Gasteiger partial charge in [0.1, 0.15) is 12.1 Å². The van der Waals surface area contributed by atoms with Crippen LogP contribution in [0.25, 0.3) is 0 Å². The van der Waals surface area contributed by atoms with E-state index in [1.807, 2.05) is 0 Å². The van der Waals surface area contributed by atoms with Crippen molar-refractivity contribution in [3.8, 4) is 11.5 Å². The standard InChI is InChI=1S/C28H33N3O8/c1-13(2)28(37)39-26-14(3)22(33)25(36)19(31-20-12-30-15(4)23(34)27(20)38-5)11-21(32)24(35)18(26)10-16-6-8-17(29)9-7-16/h6-9,12-14,18-19,26,31,34H,10-11,29H2,1-5H3/t14-,18+,19+,26-/m1/s1. The van der Waals surface area contributed by atoms with Gasteiger partial charge < -0.3 is 25.6 Å². The van der Waals surface area contributed by atoms with Gasteiger partial charge in [-0.05, 0) is 31.0 Å². The number of carbonyl (C=O) groups excluding carboxylic acids is 5. The molecular formula is C28H33N3O8. The lowest BCUT2D eigenvalue weighted by Crippen LogP contribution is -2.45. The number of methoxy groups -OCH3 is 1. The fraction of sp³-hybridized carbons (Fsp3) is 0.429. The van der Waals surface area contributed by atoms with Gasteiger partial charge in [0.25, 0.3) is 0 Å². The van der Waals surface area contributed by atoms with Gasteiger partial charge in [-0.1, -0.05) is 32.9 Å². The smallest absolute Gasteiger partial charge is 0.308 e. The molecule has 1 aromatic carbocycles. The third-order valence-electron chi connectivity index (χ3n) is 6.75. The van der Waals surface area contributed by atoms with Gasteiger partial charge in [0.2, 0.25) is 23.1 Å². The zero-order valence-corrected chi connectivity index (χ0v) is 22.5.